The van der Waals surface area contributed by atoms with Gasteiger partial charge in [-0.1, -0.05) is 0 Å². The second-order valence-corrected chi connectivity index (χ2v) is 15.5. The number of aliphatic hydroxyl groups excluding tert-OH is 9. The predicted molar refractivity (Wildman–Crippen MR) is 186 cm³/mol. The monoisotopic (exact) mass is 831 g/mol. The van der Waals surface area contributed by atoms with Crippen molar-refractivity contribution in [2.24, 2.45) is 34.4 Å². The van der Waals surface area contributed by atoms with Crippen molar-refractivity contribution in [2.45, 2.75) is 172 Å². The van der Waals surface area contributed by atoms with E-state index in [1.165, 1.54) is 7.05 Å². The topological polar surface area (TPSA) is 433 Å². The lowest BCUT2D eigenvalue weighted by Crippen LogP contribution is -2.70. The molecule has 6 fully saturated rings. The third kappa shape index (κ3) is 9.00. The number of aliphatic hydroxyl groups is 9. The number of nitrogens with two attached hydrogens (primary N) is 6. The molecule has 0 aromatic rings. The Bertz CT molecular complexity index is 1290. The number of hydrogen-bond donors (Lipinski definition) is 16. The quantitative estimate of drug-likeness (QED) is 0.0868. The molecule has 5 aliphatic heterocycles. The second kappa shape index (κ2) is 18.9. The van der Waals surface area contributed by atoms with E-state index in [-0.39, 0.29) is 19.4 Å². The first-order valence-electron chi connectivity index (χ1n) is 19.1. The van der Waals surface area contributed by atoms with E-state index in [0.29, 0.717) is 0 Å². The van der Waals surface area contributed by atoms with Crippen LogP contribution in [0.3, 0.4) is 0 Å². The molecule has 0 aromatic carbocycles. The van der Waals surface area contributed by atoms with Gasteiger partial charge in [0.25, 0.3) is 0 Å². The molecule has 22 N–H and O–H groups in total. The van der Waals surface area contributed by atoms with E-state index in [0.717, 1.165) is 0 Å². The minimum Gasteiger partial charge on any atom is -0.394 e. The zero-order chi connectivity index (χ0) is 41.6. The summed E-state index contributed by atoms with van der Waals surface area (Å²) < 4.78 is 53.5. The van der Waals surface area contributed by atoms with E-state index in [1.807, 2.05) is 0 Å². The van der Waals surface area contributed by atoms with Crippen LogP contribution in [-0.4, -0.2) is 232 Å². The summed E-state index contributed by atoms with van der Waals surface area (Å²) in [6.07, 6.45) is -26.5. The lowest BCUT2D eigenvalue weighted by molar-refractivity contribution is -0.374. The van der Waals surface area contributed by atoms with Gasteiger partial charge in [-0.05, 0) is 19.9 Å². The van der Waals surface area contributed by atoms with E-state index >= 15 is 0 Å². The molecule has 1 saturated carbocycles. The zero-order valence-corrected chi connectivity index (χ0v) is 31.2. The van der Waals surface area contributed by atoms with Gasteiger partial charge in [-0.25, -0.2) is 0 Å². The lowest BCUT2D eigenvalue weighted by Gasteiger charge is -2.51. The van der Waals surface area contributed by atoms with E-state index in [9.17, 15) is 46.0 Å². The largest absolute Gasteiger partial charge is 0.394 e. The molecular formula is C32H61N7O18. The summed E-state index contributed by atoms with van der Waals surface area (Å²) in [5.74, 6) is 0. The highest BCUT2D eigenvalue weighted by atomic mass is 16.8. The Morgan fingerprint density at radius 2 is 1.11 bits per heavy atom. The van der Waals surface area contributed by atoms with Gasteiger partial charge < -0.3 is 128 Å². The van der Waals surface area contributed by atoms with Crippen LogP contribution in [0.2, 0.25) is 0 Å². The predicted octanol–water partition coefficient (Wildman–Crippen LogP) is -10.7. The van der Waals surface area contributed by atoms with E-state index < -0.39 is 172 Å². The molecule has 4 unspecified atom stereocenters. The van der Waals surface area contributed by atoms with Crippen LogP contribution in [0.5, 0.6) is 0 Å². The molecule has 1 aliphatic carbocycles. The Morgan fingerprint density at radius 3 is 1.75 bits per heavy atom. The van der Waals surface area contributed by atoms with Crippen LogP contribution < -0.4 is 39.7 Å². The number of nitrogens with one attached hydrogen (secondary N) is 1. The third-order valence-corrected chi connectivity index (χ3v) is 11.8. The summed E-state index contributed by atoms with van der Waals surface area (Å²) in [5, 5.41) is 98.4. The molecule has 6 rings (SSSR count). The average molecular weight is 832 g/mol. The maximum atomic E-state index is 11.5. The fourth-order valence-corrected chi connectivity index (χ4v) is 8.30. The Morgan fingerprint density at radius 1 is 0.509 bits per heavy atom. The molecule has 0 radical (unpaired) electrons. The summed E-state index contributed by atoms with van der Waals surface area (Å²) >= 11 is 0. The van der Waals surface area contributed by atoms with Crippen molar-refractivity contribution in [2.75, 3.05) is 26.8 Å². The Hall–Kier alpha value is -1.00. The minimum atomic E-state index is -1.65. The first-order chi connectivity index (χ1) is 27.0. The zero-order valence-electron chi connectivity index (χ0n) is 31.2. The molecular weight excluding hydrogens is 770 g/mol. The van der Waals surface area contributed by atoms with Gasteiger partial charge in [-0.2, -0.15) is 0 Å². The molecule has 5 saturated heterocycles. The Kier molecular flexibility index (Phi) is 15.1. The van der Waals surface area contributed by atoms with E-state index in [1.54, 1.807) is 0 Å². The summed E-state index contributed by atoms with van der Waals surface area (Å²) in [7, 11) is 1.52. The fraction of sp³-hybridized carbons (Fsp3) is 1.00. The van der Waals surface area contributed by atoms with Crippen LogP contribution in [0.1, 0.15) is 12.8 Å². The van der Waals surface area contributed by atoms with Crippen molar-refractivity contribution in [3.8, 4) is 0 Å². The molecule has 0 amide bonds. The summed E-state index contributed by atoms with van der Waals surface area (Å²) in [5.41, 5.74) is 36.8. The SMILES string of the molecule is CN[C@@H]1[C@@H](O[C@H]2O[C@H](CO)[C@@H](N)[C@H](O)[C@H]2O)OC2C[C@@H](N)[C@@H](O[C@H]3[C@H](OC4O[C@H](CO)[C@@H](OC5O[C@@H](CN)[C@@H](O)[C@H](O)[C@H]5N)[C@H]4O)[C@@H](O)[C@H](N)C[C@@H]3N)OC2[C@@H]1O. The molecule has 25 heteroatoms. The normalized spacial score (nSPS) is 54.7. The number of fused-ring (bicyclic) bond motifs is 1. The van der Waals surface area contributed by atoms with Crippen molar-refractivity contribution in [3.05, 3.63) is 0 Å². The van der Waals surface area contributed by atoms with Gasteiger partial charge >= 0.3 is 0 Å². The highest BCUT2D eigenvalue weighted by Gasteiger charge is 2.56. The highest BCUT2D eigenvalue weighted by molar-refractivity contribution is 5.03. The van der Waals surface area contributed by atoms with Gasteiger partial charge in [0.15, 0.2) is 31.5 Å². The third-order valence-electron chi connectivity index (χ3n) is 11.8. The molecule has 25 nitrogen and oxygen atoms in total. The summed E-state index contributed by atoms with van der Waals surface area (Å²) in [4.78, 5) is 0. The molecule has 0 bridgehead atoms. The number of likely N-dealkylation sites (N-methyl/N-ethyl adjacent to an activating group) is 1. The number of ether oxygens (including phenoxy) is 9. The van der Waals surface area contributed by atoms with Crippen LogP contribution in [-0.2, 0) is 42.6 Å². The molecule has 26 atom stereocenters. The van der Waals surface area contributed by atoms with Crippen molar-refractivity contribution in [1.82, 2.24) is 5.32 Å². The molecule has 6 aliphatic rings. The van der Waals surface area contributed by atoms with E-state index in [2.05, 4.69) is 5.32 Å². The van der Waals surface area contributed by atoms with Crippen molar-refractivity contribution < 1.29 is 88.6 Å². The molecule has 0 spiro atoms. The average Bonchev–Trinajstić information content (AvgIpc) is 3.48. The smallest absolute Gasteiger partial charge is 0.189 e. The van der Waals surface area contributed by atoms with Crippen LogP contribution >= 0.6 is 0 Å². The van der Waals surface area contributed by atoms with Gasteiger partial charge in [-0.3, -0.25) is 0 Å². The standard InChI is InChI=1S/C32H61N7O18/c1-39-16-21(46)25-10(49-30(16)57-31-22(47)19(44)14(37)12(5-40)51-31)3-9(36)28(54-25)53-24-8(35)2-7(34)17(42)27(24)56-32-23(48)26(13(6-41)52-32)55-29-15(38)20(45)18(43)11(4-33)50-29/h7-32,39-48H,2-6,33-38H2,1H3/t7-,8+,9-,10?,11+,12-,13-,14-,15-,16+,17+,18-,19+,20-,21-,22-,23-,24-,25?,26-,27-,28+,29?,30-,31-,32?/m1/s1. The van der Waals surface area contributed by atoms with Gasteiger partial charge in [0.05, 0.1) is 49.6 Å². The van der Waals surface area contributed by atoms with Crippen LogP contribution in [0, 0.1) is 0 Å². The van der Waals surface area contributed by atoms with Gasteiger partial charge in [0, 0.05) is 18.6 Å². The van der Waals surface area contributed by atoms with Crippen molar-refractivity contribution in [1.29, 1.82) is 0 Å². The molecule has 57 heavy (non-hydrogen) atoms. The highest BCUT2D eigenvalue weighted by Crippen LogP contribution is 2.37. The Balaban J connectivity index is 1.13. The first kappa shape index (κ1) is 45.5. The van der Waals surface area contributed by atoms with Crippen molar-refractivity contribution in [3.63, 3.8) is 0 Å². The van der Waals surface area contributed by atoms with Gasteiger partial charge in [0.1, 0.15) is 79.4 Å². The minimum absolute atomic E-state index is 0.0306. The lowest BCUT2D eigenvalue weighted by atomic mass is 9.84. The van der Waals surface area contributed by atoms with Crippen molar-refractivity contribution >= 4 is 0 Å². The number of rotatable bonds is 12. The first-order valence-corrected chi connectivity index (χ1v) is 19.1. The second-order valence-electron chi connectivity index (χ2n) is 15.5. The van der Waals surface area contributed by atoms with Crippen LogP contribution in [0.4, 0.5) is 0 Å². The van der Waals surface area contributed by atoms with Crippen LogP contribution in [0.15, 0.2) is 0 Å². The summed E-state index contributed by atoms with van der Waals surface area (Å²) in [6.45, 7) is -1.42. The molecule has 0 aromatic heterocycles. The molecule has 5 heterocycles. The maximum Gasteiger partial charge on any atom is 0.189 e. The number of hydrogen-bond acceptors (Lipinski definition) is 25. The van der Waals surface area contributed by atoms with Gasteiger partial charge in [-0.15, -0.1) is 0 Å². The fourth-order valence-electron chi connectivity index (χ4n) is 8.30. The summed E-state index contributed by atoms with van der Waals surface area (Å²) in [6, 6.07) is -6.10. The van der Waals surface area contributed by atoms with Crippen LogP contribution in [0.25, 0.3) is 0 Å². The molecule has 332 valence electrons. The maximum absolute atomic E-state index is 11.5. The van der Waals surface area contributed by atoms with E-state index in [4.69, 9.17) is 77.0 Å². The Labute approximate surface area is 327 Å². The van der Waals surface area contributed by atoms with Gasteiger partial charge in [0.2, 0.25) is 0 Å².